The number of ether oxygens (including phenoxy) is 1. The first-order chi connectivity index (χ1) is 11.5. The van der Waals surface area contributed by atoms with Crippen molar-refractivity contribution in [3.05, 3.63) is 53.6 Å². The van der Waals surface area contributed by atoms with Gasteiger partial charge in [0.15, 0.2) is 0 Å². The second-order valence-corrected chi connectivity index (χ2v) is 8.35. The highest BCUT2D eigenvalue weighted by atomic mass is 32.2. The van der Waals surface area contributed by atoms with Crippen LogP contribution in [0.5, 0.6) is 5.75 Å². The fourth-order valence-electron chi connectivity index (χ4n) is 3.11. The molecule has 1 aliphatic heterocycles. The Bertz CT molecular complexity index is 830. The Labute approximate surface area is 144 Å². The molecule has 0 bridgehead atoms. The van der Waals surface area contributed by atoms with Crippen molar-refractivity contribution in [3.63, 3.8) is 0 Å². The fourth-order valence-corrected chi connectivity index (χ4v) is 4.69. The van der Waals surface area contributed by atoms with Crippen LogP contribution >= 0.6 is 0 Å². The van der Waals surface area contributed by atoms with E-state index >= 15 is 0 Å². The lowest BCUT2D eigenvalue weighted by molar-refractivity contribution is 0.378. The Morgan fingerprint density at radius 2 is 1.96 bits per heavy atom. The van der Waals surface area contributed by atoms with Crippen molar-refractivity contribution in [1.29, 1.82) is 0 Å². The average Bonchev–Trinajstić information content (AvgIpc) is 2.56. The van der Waals surface area contributed by atoms with Gasteiger partial charge in [0.2, 0.25) is 10.0 Å². The summed E-state index contributed by atoms with van der Waals surface area (Å²) in [6, 6.07) is 14.1. The number of aryl methyl sites for hydroxylation is 1. The van der Waals surface area contributed by atoms with Gasteiger partial charge in [0, 0.05) is 18.7 Å². The third kappa shape index (κ3) is 3.62. The minimum absolute atomic E-state index is 0.258. The van der Waals surface area contributed by atoms with Crippen LogP contribution in [-0.2, 0) is 16.6 Å². The van der Waals surface area contributed by atoms with E-state index in [1.165, 1.54) is 5.56 Å². The van der Waals surface area contributed by atoms with Gasteiger partial charge in [-0.3, -0.25) is 0 Å². The summed E-state index contributed by atoms with van der Waals surface area (Å²) < 4.78 is 31.5. The highest BCUT2D eigenvalue weighted by molar-refractivity contribution is 7.89. The molecule has 1 heterocycles. The standard InChI is InChI=1S/C19H23NO3S/c1-15-6-5-7-17(12-15)18-13-16(8-9-19(18)23-2)14-20-10-3-4-11-24(20,21)22/h5-9,12-13H,3-4,10-11,14H2,1-2H3. The summed E-state index contributed by atoms with van der Waals surface area (Å²) in [5.74, 6) is 1.05. The van der Waals surface area contributed by atoms with Gasteiger partial charge in [-0.2, -0.15) is 4.31 Å². The van der Waals surface area contributed by atoms with Crippen molar-refractivity contribution in [2.24, 2.45) is 0 Å². The average molecular weight is 345 g/mol. The molecule has 0 saturated carbocycles. The fraction of sp³-hybridized carbons (Fsp3) is 0.368. The highest BCUT2D eigenvalue weighted by Gasteiger charge is 2.25. The van der Waals surface area contributed by atoms with Crippen LogP contribution in [0.3, 0.4) is 0 Å². The summed E-state index contributed by atoms with van der Waals surface area (Å²) in [7, 11) is -1.46. The van der Waals surface area contributed by atoms with Crippen molar-refractivity contribution in [1.82, 2.24) is 4.31 Å². The molecule has 0 amide bonds. The van der Waals surface area contributed by atoms with Crippen LogP contribution in [-0.4, -0.2) is 32.1 Å². The Balaban J connectivity index is 1.94. The Morgan fingerprint density at radius 3 is 2.67 bits per heavy atom. The van der Waals surface area contributed by atoms with Gasteiger partial charge >= 0.3 is 0 Å². The van der Waals surface area contributed by atoms with Crippen molar-refractivity contribution in [2.45, 2.75) is 26.3 Å². The molecule has 1 saturated heterocycles. The van der Waals surface area contributed by atoms with Crippen molar-refractivity contribution < 1.29 is 13.2 Å². The first-order valence-corrected chi connectivity index (χ1v) is 9.82. The topological polar surface area (TPSA) is 46.6 Å². The van der Waals surface area contributed by atoms with Crippen molar-refractivity contribution in [2.75, 3.05) is 19.4 Å². The molecule has 0 aromatic heterocycles. The van der Waals surface area contributed by atoms with E-state index in [-0.39, 0.29) is 5.75 Å². The molecule has 2 aromatic rings. The molecule has 0 radical (unpaired) electrons. The highest BCUT2D eigenvalue weighted by Crippen LogP contribution is 2.32. The maximum absolute atomic E-state index is 12.2. The minimum Gasteiger partial charge on any atom is -0.496 e. The summed E-state index contributed by atoms with van der Waals surface area (Å²) in [5, 5.41) is 0. The number of benzene rings is 2. The molecule has 0 N–H and O–H groups in total. The maximum atomic E-state index is 12.2. The van der Waals surface area contributed by atoms with E-state index in [9.17, 15) is 8.42 Å². The van der Waals surface area contributed by atoms with Crippen LogP contribution in [0.15, 0.2) is 42.5 Å². The molecular weight excluding hydrogens is 322 g/mol. The number of hydrogen-bond acceptors (Lipinski definition) is 3. The zero-order chi connectivity index (χ0) is 17.2. The molecular formula is C19H23NO3S. The summed E-state index contributed by atoms with van der Waals surface area (Å²) in [5.41, 5.74) is 4.24. The molecule has 0 atom stereocenters. The molecule has 128 valence electrons. The zero-order valence-electron chi connectivity index (χ0n) is 14.2. The Hall–Kier alpha value is -1.85. The van der Waals surface area contributed by atoms with Crippen LogP contribution in [0, 0.1) is 6.92 Å². The quantitative estimate of drug-likeness (QED) is 0.851. The molecule has 3 rings (SSSR count). The van der Waals surface area contributed by atoms with Gasteiger partial charge in [0.25, 0.3) is 0 Å². The number of nitrogens with zero attached hydrogens (tertiary/aromatic N) is 1. The second-order valence-electron chi connectivity index (χ2n) is 6.26. The van der Waals surface area contributed by atoms with E-state index in [1.54, 1.807) is 11.4 Å². The first kappa shape index (κ1) is 17.0. The third-order valence-corrected chi connectivity index (χ3v) is 6.31. The van der Waals surface area contributed by atoms with E-state index in [1.807, 2.05) is 30.3 Å². The van der Waals surface area contributed by atoms with Crippen LogP contribution < -0.4 is 4.74 Å². The SMILES string of the molecule is COc1ccc(CN2CCCCS2(=O)=O)cc1-c1cccc(C)c1. The lowest BCUT2D eigenvalue weighted by Gasteiger charge is -2.26. The third-order valence-electron chi connectivity index (χ3n) is 4.41. The minimum atomic E-state index is -3.12. The van der Waals surface area contributed by atoms with E-state index < -0.39 is 10.0 Å². The molecule has 1 aliphatic rings. The van der Waals surface area contributed by atoms with E-state index in [2.05, 4.69) is 19.1 Å². The summed E-state index contributed by atoms with van der Waals surface area (Å²) in [6.07, 6.45) is 1.69. The van der Waals surface area contributed by atoms with Gasteiger partial charge in [-0.05, 0) is 43.0 Å². The lowest BCUT2D eigenvalue weighted by Crippen LogP contribution is -2.37. The molecule has 4 nitrogen and oxygen atoms in total. The van der Waals surface area contributed by atoms with Gasteiger partial charge < -0.3 is 4.74 Å². The molecule has 5 heteroatoms. The van der Waals surface area contributed by atoms with E-state index in [0.717, 1.165) is 35.3 Å². The Morgan fingerprint density at radius 1 is 1.12 bits per heavy atom. The van der Waals surface area contributed by atoms with Crippen LogP contribution in [0.25, 0.3) is 11.1 Å². The predicted molar refractivity (Wildman–Crippen MR) is 96.6 cm³/mol. The molecule has 0 unspecified atom stereocenters. The lowest BCUT2D eigenvalue weighted by atomic mass is 10.00. The summed E-state index contributed by atoms with van der Waals surface area (Å²) >= 11 is 0. The van der Waals surface area contributed by atoms with Crippen LogP contribution in [0.4, 0.5) is 0 Å². The zero-order valence-corrected chi connectivity index (χ0v) is 15.0. The molecule has 2 aromatic carbocycles. The number of methoxy groups -OCH3 is 1. The van der Waals surface area contributed by atoms with E-state index in [4.69, 9.17) is 4.74 Å². The monoisotopic (exact) mass is 345 g/mol. The van der Waals surface area contributed by atoms with Crippen LogP contribution in [0.2, 0.25) is 0 Å². The number of rotatable bonds is 4. The molecule has 0 aliphatic carbocycles. The summed E-state index contributed by atoms with van der Waals surface area (Å²) in [4.78, 5) is 0. The second kappa shape index (κ2) is 6.95. The van der Waals surface area contributed by atoms with Crippen molar-refractivity contribution >= 4 is 10.0 Å². The Kier molecular flexibility index (Phi) is 4.92. The van der Waals surface area contributed by atoms with Gasteiger partial charge in [0.1, 0.15) is 5.75 Å². The normalized spacial score (nSPS) is 17.6. The maximum Gasteiger partial charge on any atom is 0.214 e. The van der Waals surface area contributed by atoms with Gasteiger partial charge in [0.05, 0.1) is 12.9 Å². The smallest absolute Gasteiger partial charge is 0.214 e. The first-order valence-electron chi connectivity index (χ1n) is 8.21. The summed E-state index contributed by atoms with van der Waals surface area (Å²) in [6.45, 7) is 3.08. The predicted octanol–water partition coefficient (Wildman–Crippen LogP) is 3.60. The number of sulfonamides is 1. The van der Waals surface area contributed by atoms with Gasteiger partial charge in [-0.15, -0.1) is 0 Å². The van der Waals surface area contributed by atoms with Gasteiger partial charge in [-0.1, -0.05) is 35.9 Å². The van der Waals surface area contributed by atoms with Crippen molar-refractivity contribution in [3.8, 4) is 16.9 Å². The van der Waals surface area contributed by atoms with Gasteiger partial charge in [-0.25, -0.2) is 8.42 Å². The van der Waals surface area contributed by atoms with E-state index in [0.29, 0.717) is 13.1 Å². The van der Waals surface area contributed by atoms with Crippen LogP contribution in [0.1, 0.15) is 24.0 Å². The molecule has 0 spiro atoms. The molecule has 1 fully saturated rings. The number of hydrogen-bond donors (Lipinski definition) is 0. The molecule has 24 heavy (non-hydrogen) atoms. The largest absolute Gasteiger partial charge is 0.496 e.